The maximum Gasteiger partial charge on any atom is 0.129 e. The Hall–Kier alpha value is -1.38. The third-order valence-electron chi connectivity index (χ3n) is 2.90. The lowest BCUT2D eigenvalue weighted by molar-refractivity contribution is 0.599. The molecular formula is C15H11Br2FN2. The van der Waals surface area contributed by atoms with Crippen molar-refractivity contribution in [1.82, 2.24) is 0 Å². The van der Waals surface area contributed by atoms with Gasteiger partial charge in [-0.3, -0.25) is 0 Å². The summed E-state index contributed by atoms with van der Waals surface area (Å²) in [5, 5.41) is 12.3. The van der Waals surface area contributed by atoms with Gasteiger partial charge in [-0.05, 0) is 37.3 Å². The molecular weight excluding hydrogens is 387 g/mol. The van der Waals surface area contributed by atoms with Gasteiger partial charge in [0.05, 0.1) is 17.3 Å². The fraction of sp³-hybridized carbons (Fsp3) is 0.133. The van der Waals surface area contributed by atoms with Crippen LogP contribution in [0.15, 0.2) is 45.3 Å². The molecule has 0 spiro atoms. The lowest BCUT2D eigenvalue weighted by Crippen LogP contribution is -2.09. The van der Waals surface area contributed by atoms with Gasteiger partial charge in [0.15, 0.2) is 0 Å². The SMILES string of the molecule is CC(Nc1ccc(Br)cc1C#N)c1ccc(Br)cc1F. The maximum atomic E-state index is 13.9. The van der Waals surface area contributed by atoms with Crippen LogP contribution in [0.1, 0.15) is 24.1 Å². The highest BCUT2D eigenvalue weighted by atomic mass is 79.9. The van der Waals surface area contributed by atoms with Crippen molar-refractivity contribution in [2.45, 2.75) is 13.0 Å². The molecule has 0 aliphatic heterocycles. The first-order chi connectivity index (χ1) is 9.51. The Balaban J connectivity index is 2.28. The molecule has 1 atom stereocenters. The molecule has 0 bridgehead atoms. The minimum absolute atomic E-state index is 0.239. The first kappa shape index (κ1) is 15.0. The van der Waals surface area contributed by atoms with Crippen LogP contribution in [0.5, 0.6) is 0 Å². The van der Waals surface area contributed by atoms with E-state index in [0.717, 1.165) is 4.47 Å². The smallest absolute Gasteiger partial charge is 0.129 e. The predicted octanol–water partition coefficient (Wildman–Crippen LogP) is 5.40. The van der Waals surface area contributed by atoms with Crippen molar-refractivity contribution in [3.05, 3.63) is 62.3 Å². The molecule has 0 saturated heterocycles. The van der Waals surface area contributed by atoms with Crippen LogP contribution in [0.4, 0.5) is 10.1 Å². The van der Waals surface area contributed by atoms with Crippen LogP contribution in [-0.2, 0) is 0 Å². The summed E-state index contributed by atoms with van der Waals surface area (Å²) in [7, 11) is 0. The molecule has 1 N–H and O–H groups in total. The van der Waals surface area contributed by atoms with Gasteiger partial charge in [0.25, 0.3) is 0 Å². The van der Waals surface area contributed by atoms with Gasteiger partial charge in [0.1, 0.15) is 11.9 Å². The largest absolute Gasteiger partial charge is 0.377 e. The molecule has 0 aliphatic carbocycles. The first-order valence-electron chi connectivity index (χ1n) is 5.92. The Morgan fingerprint density at radius 3 is 2.45 bits per heavy atom. The first-order valence-corrected chi connectivity index (χ1v) is 7.51. The van der Waals surface area contributed by atoms with E-state index < -0.39 is 0 Å². The molecule has 0 aliphatic rings. The Bertz CT molecular complexity index is 680. The summed E-state index contributed by atoms with van der Waals surface area (Å²) in [4.78, 5) is 0. The summed E-state index contributed by atoms with van der Waals surface area (Å²) >= 11 is 6.56. The van der Waals surface area contributed by atoms with E-state index in [0.29, 0.717) is 21.3 Å². The summed E-state index contributed by atoms with van der Waals surface area (Å²) in [5.41, 5.74) is 1.76. The monoisotopic (exact) mass is 396 g/mol. The molecule has 0 fully saturated rings. The molecule has 0 amide bonds. The highest BCUT2D eigenvalue weighted by molar-refractivity contribution is 9.10. The second-order valence-electron chi connectivity index (χ2n) is 4.33. The standard InChI is InChI=1S/C15H11Br2FN2/c1-9(13-4-2-12(17)7-14(13)18)20-15-5-3-11(16)6-10(15)8-19/h2-7,9,20H,1H3. The fourth-order valence-corrected chi connectivity index (χ4v) is 2.59. The van der Waals surface area contributed by atoms with Crippen LogP contribution in [0.2, 0.25) is 0 Å². The van der Waals surface area contributed by atoms with Crippen LogP contribution in [0.3, 0.4) is 0 Å². The summed E-state index contributed by atoms with van der Waals surface area (Å²) in [6.45, 7) is 1.86. The molecule has 0 heterocycles. The molecule has 0 radical (unpaired) electrons. The molecule has 5 heteroatoms. The third-order valence-corrected chi connectivity index (χ3v) is 3.89. The number of hydrogen-bond donors (Lipinski definition) is 1. The zero-order valence-electron chi connectivity index (χ0n) is 10.6. The molecule has 2 aromatic rings. The molecule has 0 saturated carbocycles. The number of benzene rings is 2. The van der Waals surface area contributed by atoms with Gasteiger partial charge in [0.2, 0.25) is 0 Å². The zero-order valence-corrected chi connectivity index (χ0v) is 13.8. The van der Waals surface area contributed by atoms with Gasteiger partial charge < -0.3 is 5.32 Å². The summed E-state index contributed by atoms with van der Waals surface area (Å²) in [5.74, 6) is -0.282. The van der Waals surface area contributed by atoms with E-state index in [1.54, 1.807) is 24.3 Å². The fourth-order valence-electron chi connectivity index (χ4n) is 1.90. The van der Waals surface area contributed by atoms with E-state index in [4.69, 9.17) is 5.26 Å². The van der Waals surface area contributed by atoms with E-state index in [1.807, 2.05) is 13.0 Å². The lowest BCUT2D eigenvalue weighted by atomic mass is 10.1. The quantitative estimate of drug-likeness (QED) is 0.752. The Morgan fingerprint density at radius 1 is 1.15 bits per heavy atom. The Kier molecular flexibility index (Phi) is 4.79. The average molecular weight is 398 g/mol. The van der Waals surface area contributed by atoms with Crippen molar-refractivity contribution in [2.75, 3.05) is 5.32 Å². The van der Waals surface area contributed by atoms with Gasteiger partial charge in [-0.25, -0.2) is 4.39 Å². The van der Waals surface area contributed by atoms with Crippen molar-refractivity contribution in [2.24, 2.45) is 0 Å². The highest BCUT2D eigenvalue weighted by Gasteiger charge is 2.13. The lowest BCUT2D eigenvalue weighted by Gasteiger charge is -2.17. The minimum atomic E-state index is -0.282. The van der Waals surface area contributed by atoms with Crippen molar-refractivity contribution in [1.29, 1.82) is 5.26 Å². The number of anilines is 1. The van der Waals surface area contributed by atoms with Gasteiger partial charge in [-0.15, -0.1) is 0 Å². The molecule has 1 unspecified atom stereocenters. The van der Waals surface area contributed by atoms with Crippen LogP contribution in [0.25, 0.3) is 0 Å². The second kappa shape index (κ2) is 6.38. The highest BCUT2D eigenvalue weighted by Crippen LogP contribution is 2.27. The molecule has 20 heavy (non-hydrogen) atoms. The van der Waals surface area contributed by atoms with Gasteiger partial charge >= 0.3 is 0 Å². The predicted molar refractivity (Wildman–Crippen MR) is 85.0 cm³/mol. The van der Waals surface area contributed by atoms with Crippen LogP contribution < -0.4 is 5.32 Å². The average Bonchev–Trinajstić information content (AvgIpc) is 2.40. The van der Waals surface area contributed by atoms with E-state index in [-0.39, 0.29) is 11.9 Å². The van der Waals surface area contributed by atoms with E-state index >= 15 is 0 Å². The van der Waals surface area contributed by atoms with Gasteiger partial charge in [-0.1, -0.05) is 37.9 Å². The van der Waals surface area contributed by atoms with E-state index in [2.05, 4.69) is 43.2 Å². The topological polar surface area (TPSA) is 35.8 Å². The summed E-state index contributed by atoms with van der Waals surface area (Å²) < 4.78 is 15.4. The van der Waals surface area contributed by atoms with Crippen molar-refractivity contribution >= 4 is 37.5 Å². The number of hydrogen-bond acceptors (Lipinski definition) is 2. The van der Waals surface area contributed by atoms with Crippen LogP contribution in [0, 0.1) is 17.1 Å². The van der Waals surface area contributed by atoms with Crippen molar-refractivity contribution in [3.8, 4) is 6.07 Å². The van der Waals surface area contributed by atoms with Gasteiger partial charge in [-0.2, -0.15) is 5.26 Å². The molecule has 0 aromatic heterocycles. The van der Waals surface area contributed by atoms with Crippen molar-refractivity contribution < 1.29 is 4.39 Å². The normalized spacial score (nSPS) is 11.8. The van der Waals surface area contributed by atoms with Crippen molar-refractivity contribution in [3.63, 3.8) is 0 Å². The van der Waals surface area contributed by atoms with Crippen LogP contribution >= 0.6 is 31.9 Å². The molecule has 2 rings (SSSR count). The third kappa shape index (κ3) is 3.38. The van der Waals surface area contributed by atoms with Crippen LogP contribution in [-0.4, -0.2) is 0 Å². The Labute approximate surface area is 133 Å². The summed E-state index contributed by atoms with van der Waals surface area (Å²) in [6.07, 6.45) is 0. The van der Waals surface area contributed by atoms with E-state index in [9.17, 15) is 4.39 Å². The number of nitriles is 1. The molecule has 102 valence electrons. The minimum Gasteiger partial charge on any atom is -0.377 e. The number of nitrogens with one attached hydrogen (secondary N) is 1. The Morgan fingerprint density at radius 2 is 1.80 bits per heavy atom. The molecule has 2 aromatic carbocycles. The summed E-state index contributed by atoms with van der Waals surface area (Å²) in [6, 6.07) is 12.2. The molecule has 2 nitrogen and oxygen atoms in total. The number of nitrogens with zero attached hydrogens (tertiary/aromatic N) is 1. The number of halogens is 3. The van der Waals surface area contributed by atoms with Gasteiger partial charge in [0, 0.05) is 14.5 Å². The second-order valence-corrected chi connectivity index (χ2v) is 6.16. The van der Waals surface area contributed by atoms with E-state index in [1.165, 1.54) is 6.07 Å². The number of rotatable bonds is 3. The maximum absolute atomic E-state index is 13.9. The zero-order chi connectivity index (χ0) is 14.7.